The van der Waals surface area contributed by atoms with Gasteiger partial charge in [0.15, 0.2) is 24.6 Å². The van der Waals surface area contributed by atoms with E-state index >= 15 is 0 Å². The van der Waals surface area contributed by atoms with Crippen LogP contribution in [0.1, 0.15) is 226 Å². The minimum Gasteiger partial charge on any atom is -0.479 e. The Morgan fingerprint density at radius 2 is 0.867 bits per heavy atom. The van der Waals surface area contributed by atoms with Crippen molar-refractivity contribution in [2.45, 2.75) is 263 Å². The van der Waals surface area contributed by atoms with E-state index in [1.807, 2.05) is 12.2 Å². The van der Waals surface area contributed by atoms with Crippen molar-refractivity contribution in [2.75, 3.05) is 13.2 Å². The van der Waals surface area contributed by atoms with Crippen LogP contribution in [0.25, 0.3) is 0 Å². The third kappa shape index (κ3) is 40.6. The minimum absolute atomic E-state index is 0.0352. The summed E-state index contributed by atoms with van der Waals surface area (Å²) in [5.41, 5.74) is 0. The normalized spacial score (nSPS) is 18.9. The number of carbonyl (C=O) groups is 4. The molecule has 75 heavy (non-hydrogen) atoms. The summed E-state index contributed by atoms with van der Waals surface area (Å²) in [6, 6.07) is 0. The molecule has 0 bridgehead atoms. The summed E-state index contributed by atoms with van der Waals surface area (Å²) >= 11 is 0. The molecule has 1 rings (SSSR count). The second kappa shape index (κ2) is 50.5. The predicted molar refractivity (Wildman–Crippen MR) is 303 cm³/mol. The molecular formula is C63H102O12. The molecule has 3 N–H and O–H groups in total. The SMILES string of the molecule is CC/C=C\C/C=C\C/C=C\C/C=C\CCC(=O)OC(COC(=O)CCCCCCC/C=C\CCCCCCCC)COC1OC(C(=O)O)C(O)C(O)C1OC(=O)CCCCCCCCC/C=C\C/C=C\C/C=C\CC. The van der Waals surface area contributed by atoms with Gasteiger partial charge >= 0.3 is 23.9 Å². The molecule has 0 aromatic heterocycles. The highest BCUT2D eigenvalue weighted by Gasteiger charge is 2.50. The first kappa shape index (κ1) is 68.7. The summed E-state index contributed by atoms with van der Waals surface area (Å²) in [6.07, 6.45) is 53.9. The molecule has 0 saturated carbocycles. The van der Waals surface area contributed by atoms with Crippen molar-refractivity contribution in [3.63, 3.8) is 0 Å². The number of aliphatic carboxylic acids is 1. The van der Waals surface area contributed by atoms with E-state index in [2.05, 4.69) is 106 Å². The highest BCUT2D eigenvalue weighted by molar-refractivity contribution is 5.74. The molecule has 0 spiro atoms. The maximum atomic E-state index is 13.1. The molecular weight excluding hydrogens is 949 g/mol. The predicted octanol–water partition coefficient (Wildman–Crippen LogP) is 14.9. The number of esters is 3. The number of ether oxygens (including phenoxy) is 5. The Labute approximate surface area is 453 Å². The largest absolute Gasteiger partial charge is 0.479 e. The van der Waals surface area contributed by atoms with E-state index in [4.69, 9.17) is 23.7 Å². The lowest BCUT2D eigenvalue weighted by Gasteiger charge is -2.40. The van der Waals surface area contributed by atoms with Gasteiger partial charge in [0.05, 0.1) is 6.61 Å². The molecule has 1 saturated heterocycles. The maximum absolute atomic E-state index is 13.1. The Morgan fingerprint density at radius 3 is 1.35 bits per heavy atom. The zero-order chi connectivity index (χ0) is 54.7. The summed E-state index contributed by atoms with van der Waals surface area (Å²) in [5, 5.41) is 31.5. The first-order valence-corrected chi connectivity index (χ1v) is 29.2. The van der Waals surface area contributed by atoms with Crippen molar-refractivity contribution in [3.8, 4) is 0 Å². The topological polar surface area (TPSA) is 175 Å². The van der Waals surface area contributed by atoms with E-state index in [1.54, 1.807) is 0 Å². The second-order valence-corrected chi connectivity index (χ2v) is 19.5. The van der Waals surface area contributed by atoms with Crippen LogP contribution < -0.4 is 0 Å². The zero-order valence-corrected chi connectivity index (χ0v) is 46.8. The Balaban J connectivity index is 2.73. The monoisotopic (exact) mass is 1050 g/mol. The van der Waals surface area contributed by atoms with E-state index in [9.17, 15) is 34.5 Å². The number of allylic oxidation sites excluding steroid dienone is 16. The van der Waals surface area contributed by atoms with Gasteiger partial charge in [0.25, 0.3) is 0 Å². The molecule has 12 nitrogen and oxygen atoms in total. The lowest BCUT2D eigenvalue weighted by Crippen LogP contribution is -2.61. The van der Waals surface area contributed by atoms with Gasteiger partial charge in [0.1, 0.15) is 18.8 Å². The number of aliphatic hydroxyl groups is 2. The van der Waals surface area contributed by atoms with Crippen LogP contribution in [-0.2, 0) is 42.9 Å². The van der Waals surface area contributed by atoms with Crippen molar-refractivity contribution in [1.29, 1.82) is 0 Å². The van der Waals surface area contributed by atoms with Crippen LogP contribution in [0.15, 0.2) is 97.2 Å². The van der Waals surface area contributed by atoms with Gasteiger partial charge in [0, 0.05) is 19.3 Å². The molecule has 0 aromatic rings. The molecule has 0 aromatic carbocycles. The van der Waals surface area contributed by atoms with Crippen molar-refractivity contribution in [1.82, 2.24) is 0 Å². The number of rotatable bonds is 48. The van der Waals surface area contributed by atoms with Gasteiger partial charge in [-0.1, -0.05) is 201 Å². The first-order valence-electron chi connectivity index (χ1n) is 29.2. The molecule has 0 amide bonds. The van der Waals surface area contributed by atoms with Gasteiger partial charge in [-0.25, -0.2) is 4.79 Å². The molecule has 426 valence electrons. The van der Waals surface area contributed by atoms with Crippen LogP contribution in [0.3, 0.4) is 0 Å². The molecule has 6 unspecified atom stereocenters. The quantitative estimate of drug-likeness (QED) is 0.0228. The lowest BCUT2D eigenvalue weighted by atomic mass is 9.98. The van der Waals surface area contributed by atoms with E-state index < -0.39 is 67.3 Å². The second-order valence-electron chi connectivity index (χ2n) is 19.5. The fraction of sp³-hybridized carbons (Fsp3) is 0.683. The summed E-state index contributed by atoms with van der Waals surface area (Å²) < 4.78 is 28.3. The Kier molecular flexibility index (Phi) is 46.2. The van der Waals surface area contributed by atoms with Crippen LogP contribution in [-0.4, -0.2) is 89.2 Å². The van der Waals surface area contributed by atoms with Gasteiger partial charge in [-0.2, -0.15) is 0 Å². The van der Waals surface area contributed by atoms with E-state index in [0.29, 0.717) is 25.7 Å². The molecule has 1 heterocycles. The fourth-order valence-electron chi connectivity index (χ4n) is 8.21. The smallest absolute Gasteiger partial charge is 0.335 e. The van der Waals surface area contributed by atoms with Crippen LogP contribution in [0.4, 0.5) is 0 Å². The maximum Gasteiger partial charge on any atom is 0.335 e. The van der Waals surface area contributed by atoms with Crippen molar-refractivity contribution >= 4 is 23.9 Å². The van der Waals surface area contributed by atoms with Gasteiger partial charge in [-0.05, 0) is 103 Å². The third-order valence-electron chi connectivity index (χ3n) is 12.6. The Bertz CT molecular complexity index is 1670. The molecule has 6 atom stereocenters. The number of unbranched alkanes of at least 4 members (excludes halogenated alkanes) is 18. The van der Waals surface area contributed by atoms with Crippen LogP contribution in [0.2, 0.25) is 0 Å². The summed E-state index contributed by atoms with van der Waals surface area (Å²) in [6.45, 7) is 5.68. The Morgan fingerprint density at radius 1 is 0.453 bits per heavy atom. The molecule has 12 heteroatoms. The molecule has 1 aliphatic rings. The standard InChI is InChI=1S/C63H102O12/c1-4-7-10-13-16-19-22-25-27-28-30-33-36-39-42-45-48-51-57(66)74-61-59(68)58(67)60(62(69)70)75-63(61)72-53-54(73-56(65)50-47-44-41-38-35-31-24-21-18-15-12-9-6-3)52-71-55(64)49-46-43-40-37-34-32-29-26-23-20-17-14-11-8-5-2/h7,9-10,12,16,18-19,21,25-27,29,31,35,41,44,54,58-61,63,67-68H,4-6,8,11,13-15,17,20,22-24,28,30,32-34,36-40,42-43,45-53H2,1-3H3,(H,69,70)/b10-7-,12-9-,19-16-,21-18-,27-25-,29-26-,35-31-,44-41-. The van der Waals surface area contributed by atoms with Gasteiger partial charge < -0.3 is 39.0 Å². The van der Waals surface area contributed by atoms with Crippen LogP contribution in [0.5, 0.6) is 0 Å². The van der Waals surface area contributed by atoms with Gasteiger partial charge in [-0.15, -0.1) is 0 Å². The average Bonchev–Trinajstić information content (AvgIpc) is 3.39. The molecule has 1 fully saturated rings. The number of carboxylic acids is 1. The summed E-state index contributed by atoms with van der Waals surface area (Å²) in [7, 11) is 0. The molecule has 0 radical (unpaired) electrons. The summed E-state index contributed by atoms with van der Waals surface area (Å²) in [4.78, 5) is 51.0. The van der Waals surface area contributed by atoms with Gasteiger partial charge in [-0.3, -0.25) is 14.4 Å². The van der Waals surface area contributed by atoms with Crippen LogP contribution in [0, 0.1) is 0 Å². The number of aliphatic hydroxyl groups excluding tert-OH is 2. The number of hydrogen-bond acceptors (Lipinski definition) is 11. The average molecular weight is 1050 g/mol. The highest BCUT2D eigenvalue weighted by atomic mass is 16.7. The fourth-order valence-corrected chi connectivity index (χ4v) is 8.21. The molecule has 0 aliphatic carbocycles. The van der Waals surface area contributed by atoms with E-state index in [1.165, 1.54) is 38.5 Å². The zero-order valence-electron chi connectivity index (χ0n) is 46.8. The molecule has 1 aliphatic heterocycles. The number of carbonyl (C=O) groups excluding carboxylic acids is 3. The third-order valence-corrected chi connectivity index (χ3v) is 12.6. The van der Waals surface area contributed by atoms with Gasteiger partial charge in [0.2, 0.25) is 0 Å². The Hall–Kier alpha value is -4.36. The highest BCUT2D eigenvalue weighted by Crippen LogP contribution is 2.26. The van der Waals surface area contributed by atoms with Crippen molar-refractivity contribution in [2.24, 2.45) is 0 Å². The van der Waals surface area contributed by atoms with Crippen molar-refractivity contribution in [3.05, 3.63) is 97.2 Å². The first-order chi connectivity index (χ1) is 36.6. The number of hydrogen-bond donors (Lipinski definition) is 3. The number of carboxylic acid groups (broad SMARTS) is 1. The minimum atomic E-state index is -1.92. The van der Waals surface area contributed by atoms with E-state index in [-0.39, 0.29) is 25.9 Å². The summed E-state index contributed by atoms with van der Waals surface area (Å²) in [5.74, 6) is -3.26. The lowest BCUT2D eigenvalue weighted by molar-refractivity contribution is -0.301. The van der Waals surface area contributed by atoms with Crippen molar-refractivity contribution < 1.29 is 58.2 Å². The van der Waals surface area contributed by atoms with Crippen LogP contribution >= 0.6 is 0 Å². The van der Waals surface area contributed by atoms with E-state index in [0.717, 1.165) is 122 Å².